The van der Waals surface area contributed by atoms with Gasteiger partial charge in [0.2, 0.25) is 5.91 Å². The molecule has 0 bridgehead atoms. The van der Waals surface area contributed by atoms with E-state index in [2.05, 4.69) is 35.2 Å². The first-order chi connectivity index (χ1) is 11.6. The molecule has 2 fully saturated rings. The van der Waals surface area contributed by atoms with Gasteiger partial charge in [0, 0.05) is 32.4 Å². The first-order valence-corrected chi connectivity index (χ1v) is 9.15. The van der Waals surface area contributed by atoms with Crippen LogP contribution >= 0.6 is 0 Å². The molecule has 1 aromatic carbocycles. The van der Waals surface area contributed by atoms with Gasteiger partial charge in [-0.2, -0.15) is 5.26 Å². The van der Waals surface area contributed by atoms with Crippen molar-refractivity contribution in [3.8, 4) is 6.07 Å². The van der Waals surface area contributed by atoms with Crippen molar-refractivity contribution in [3.05, 3.63) is 29.8 Å². The van der Waals surface area contributed by atoms with Crippen LogP contribution in [-0.2, 0) is 11.3 Å². The Bertz CT molecular complexity index is 605. The number of amides is 1. The normalized spacial score (nSPS) is 19.8. The van der Waals surface area contributed by atoms with Gasteiger partial charge >= 0.3 is 0 Å². The summed E-state index contributed by atoms with van der Waals surface area (Å²) in [5.74, 6) is -0.0115. The van der Waals surface area contributed by atoms with Crippen LogP contribution < -0.4 is 4.90 Å². The average Bonchev–Trinajstić information content (AvgIpc) is 3.12. The Morgan fingerprint density at radius 3 is 2.33 bits per heavy atom. The van der Waals surface area contributed by atoms with E-state index in [1.54, 1.807) is 4.90 Å². The minimum Gasteiger partial charge on any atom is -0.372 e. The zero-order valence-corrected chi connectivity index (χ0v) is 14.6. The number of anilines is 1. The molecular formula is C20H27N3O. The molecule has 0 atom stereocenters. The maximum Gasteiger partial charge on any atom is 0.243 e. The van der Waals surface area contributed by atoms with E-state index in [9.17, 15) is 10.1 Å². The van der Waals surface area contributed by atoms with Crippen LogP contribution in [-0.4, -0.2) is 30.9 Å². The standard InChI is InChI=1S/C20H27N3O/c1-22(19(24)20(16-21)11-3-4-12-20)15-17-7-9-18(10-8-17)23-13-5-2-6-14-23/h7-10H,2-6,11-15H2,1H3. The fraction of sp³-hybridized carbons (Fsp3) is 0.600. The molecule has 0 radical (unpaired) electrons. The van der Waals surface area contributed by atoms with E-state index in [-0.39, 0.29) is 5.91 Å². The highest BCUT2D eigenvalue weighted by atomic mass is 16.2. The van der Waals surface area contributed by atoms with Crippen molar-refractivity contribution in [3.63, 3.8) is 0 Å². The molecule has 1 amide bonds. The Kier molecular flexibility index (Phi) is 5.08. The molecule has 0 spiro atoms. The molecule has 1 aromatic rings. The van der Waals surface area contributed by atoms with Crippen molar-refractivity contribution < 1.29 is 4.79 Å². The largest absolute Gasteiger partial charge is 0.372 e. The molecule has 0 aromatic heterocycles. The van der Waals surface area contributed by atoms with Crippen LogP contribution in [0, 0.1) is 16.7 Å². The summed E-state index contributed by atoms with van der Waals surface area (Å²) in [5.41, 5.74) is 1.62. The van der Waals surface area contributed by atoms with Crippen LogP contribution in [0.4, 0.5) is 5.69 Å². The zero-order chi connectivity index (χ0) is 17.0. The number of carbonyl (C=O) groups is 1. The summed E-state index contributed by atoms with van der Waals surface area (Å²) in [5, 5.41) is 9.48. The van der Waals surface area contributed by atoms with E-state index in [0.717, 1.165) is 31.5 Å². The molecule has 1 aliphatic heterocycles. The van der Waals surface area contributed by atoms with Crippen LogP contribution in [0.3, 0.4) is 0 Å². The summed E-state index contributed by atoms with van der Waals surface area (Å²) < 4.78 is 0. The minimum atomic E-state index is -0.775. The van der Waals surface area contributed by atoms with Gasteiger partial charge in [0.25, 0.3) is 0 Å². The van der Waals surface area contributed by atoms with Crippen LogP contribution in [0.2, 0.25) is 0 Å². The summed E-state index contributed by atoms with van der Waals surface area (Å²) in [6, 6.07) is 10.8. The fourth-order valence-electron chi connectivity index (χ4n) is 4.03. The van der Waals surface area contributed by atoms with Gasteiger partial charge in [0.05, 0.1) is 6.07 Å². The lowest BCUT2D eigenvalue weighted by Crippen LogP contribution is -2.39. The second-order valence-corrected chi connectivity index (χ2v) is 7.28. The van der Waals surface area contributed by atoms with Gasteiger partial charge in [-0.3, -0.25) is 4.79 Å². The van der Waals surface area contributed by atoms with Crippen molar-refractivity contribution in [2.75, 3.05) is 25.0 Å². The van der Waals surface area contributed by atoms with Gasteiger partial charge in [-0.15, -0.1) is 0 Å². The molecule has 1 aliphatic carbocycles. The number of benzene rings is 1. The van der Waals surface area contributed by atoms with Crippen LogP contribution in [0.15, 0.2) is 24.3 Å². The summed E-state index contributed by atoms with van der Waals surface area (Å²) in [6.07, 6.45) is 7.27. The second kappa shape index (κ2) is 7.25. The third-order valence-corrected chi connectivity index (χ3v) is 5.50. The molecule has 0 N–H and O–H groups in total. The van der Waals surface area contributed by atoms with Gasteiger partial charge < -0.3 is 9.80 Å². The summed E-state index contributed by atoms with van der Waals surface area (Å²) in [6.45, 7) is 2.85. The van der Waals surface area contributed by atoms with Crippen molar-refractivity contribution >= 4 is 11.6 Å². The maximum absolute atomic E-state index is 12.7. The molecule has 2 aliphatic rings. The summed E-state index contributed by atoms with van der Waals surface area (Å²) in [4.78, 5) is 16.9. The predicted molar refractivity (Wildman–Crippen MR) is 95.5 cm³/mol. The smallest absolute Gasteiger partial charge is 0.243 e. The molecule has 0 unspecified atom stereocenters. The molecule has 4 heteroatoms. The molecular weight excluding hydrogens is 298 g/mol. The molecule has 128 valence electrons. The van der Waals surface area contributed by atoms with E-state index in [4.69, 9.17) is 0 Å². The number of nitriles is 1. The van der Waals surface area contributed by atoms with Gasteiger partial charge in [0.1, 0.15) is 5.41 Å². The number of rotatable bonds is 4. The Labute approximate surface area is 145 Å². The van der Waals surface area contributed by atoms with Gasteiger partial charge in [-0.05, 0) is 49.8 Å². The van der Waals surface area contributed by atoms with Crippen molar-refractivity contribution in [2.45, 2.75) is 51.5 Å². The Hall–Kier alpha value is -2.02. The SMILES string of the molecule is CN(Cc1ccc(N2CCCCC2)cc1)C(=O)C1(C#N)CCCC1. The third kappa shape index (κ3) is 3.40. The highest BCUT2D eigenvalue weighted by molar-refractivity contribution is 5.85. The van der Waals surface area contributed by atoms with E-state index in [1.807, 2.05) is 7.05 Å². The van der Waals surface area contributed by atoms with E-state index in [0.29, 0.717) is 19.4 Å². The molecule has 4 nitrogen and oxygen atoms in total. The monoisotopic (exact) mass is 325 g/mol. The quantitative estimate of drug-likeness (QED) is 0.847. The third-order valence-electron chi connectivity index (χ3n) is 5.50. The molecule has 24 heavy (non-hydrogen) atoms. The predicted octanol–water partition coefficient (Wildman–Crippen LogP) is 3.72. The number of carbonyl (C=O) groups excluding carboxylic acids is 1. The summed E-state index contributed by atoms with van der Waals surface area (Å²) in [7, 11) is 1.82. The Morgan fingerprint density at radius 1 is 1.12 bits per heavy atom. The maximum atomic E-state index is 12.7. The van der Waals surface area contributed by atoms with E-state index >= 15 is 0 Å². The number of nitrogens with zero attached hydrogens (tertiary/aromatic N) is 3. The van der Waals surface area contributed by atoms with Crippen molar-refractivity contribution in [2.24, 2.45) is 5.41 Å². The zero-order valence-electron chi connectivity index (χ0n) is 14.6. The lowest BCUT2D eigenvalue weighted by Gasteiger charge is -2.29. The van der Waals surface area contributed by atoms with Crippen molar-refractivity contribution in [1.82, 2.24) is 4.90 Å². The molecule has 1 saturated carbocycles. The second-order valence-electron chi connectivity index (χ2n) is 7.28. The van der Waals surface area contributed by atoms with Crippen LogP contribution in [0.1, 0.15) is 50.5 Å². The van der Waals surface area contributed by atoms with E-state index < -0.39 is 5.41 Å². The highest BCUT2D eigenvalue weighted by Gasteiger charge is 2.43. The first-order valence-electron chi connectivity index (χ1n) is 9.15. The highest BCUT2D eigenvalue weighted by Crippen LogP contribution is 2.39. The number of piperidine rings is 1. The fourth-order valence-corrected chi connectivity index (χ4v) is 4.03. The minimum absolute atomic E-state index is 0.0115. The van der Waals surface area contributed by atoms with Crippen molar-refractivity contribution in [1.29, 1.82) is 5.26 Å². The number of hydrogen-bond acceptors (Lipinski definition) is 3. The average molecular weight is 325 g/mol. The van der Waals surface area contributed by atoms with Gasteiger partial charge in [-0.1, -0.05) is 25.0 Å². The Morgan fingerprint density at radius 2 is 1.75 bits per heavy atom. The Balaban J connectivity index is 1.63. The molecule has 3 rings (SSSR count). The topological polar surface area (TPSA) is 47.3 Å². The van der Waals surface area contributed by atoms with Gasteiger partial charge in [-0.25, -0.2) is 0 Å². The summed E-state index contributed by atoms with van der Waals surface area (Å²) >= 11 is 0. The number of hydrogen-bond donors (Lipinski definition) is 0. The lowest BCUT2D eigenvalue weighted by molar-refractivity contribution is -0.138. The van der Waals surface area contributed by atoms with Gasteiger partial charge in [0.15, 0.2) is 0 Å². The molecule has 1 saturated heterocycles. The first kappa shape index (κ1) is 16.8. The lowest BCUT2D eigenvalue weighted by atomic mass is 9.86. The van der Waals surface area contributed by atoms with Crippen LogP contribution in [0.25, 0.3) is 0 Å². The molecule has 1 heterocycles. The van der Waals surface area contributed by atoms with E-state index in [1.165, 1.54) is 24.9 Å². The van der Waals surface area contributed by atoms with Crippen LogP contribution in [0.5, 0.6) is 0 Å².